The van der Waals surface area contributed by atoms with E-state index in [9.17, 15) is 0 Å². The van der Waals surface area contributed by atoms with E-state index in [-0.39, 0.29) is 0 Å². The molecule has 3 unspecified atom stereocenters. The lowest BCUT2D eigenvalue weighted by molar-refractivity contribution is 0.202. The van der Waals surface area contributed by atoms with E-state index in [2.05, 4.69) is 24.2 Å². The van der Waals surface area contributed by atoms with Crippen LogP contribution in [0.3, 0.4) is 0 Å². The lowest BCUT2D eigenvalue weighted by Gasteiger charge is -2.27. The number of likely N-dealkylation sites (tertiary alicyclic amines) is 1. The van der Waals surface area contributed by atoms with Crippen LogP contribution in [0.2, 0.25) is 0 Å². The molecule has 1 aliphatic carbocycles. The van der Waals surface area contributed by atoms with E-state index in [0.717, 1.165) is 18.0 Å². The highest BCUT2D eigenvalue weighted by molar-refractivity contribution is 4.89. The Morgan fingerprint density at radius 1 is 1.23 bits per heavy atom. The van der Waals surface area contributed by atoms with E-state index < -0.39 is 0 Å². The molecule has 1 aliphatic heterocycles. The average molecular weight is 182 g/mol. The Hall–Kier alpha value is -0.0800. The SMILES string of the molecule is CNC1CCN(C2CCCC2C)C1. The molecule has 2 rings (SSSR count). The minimum absolute atomic E-state index is 0.757. The van der Waals surface area contributed by atoms with Gasteiger partial charge < -0.3 is 5.32 Å². The van der Waals surface area contributed by atoms with Crippen LogP contribution in [0.1, 0.15) is 32.6 Å². The smallest absolute Gasteiger partial charge is 0.0204 e. The van der Waals surface area contributed by atoms with Crippen LogP contribution in [0.25, 0.3) is 0 Å². The Bertz CT molecular complexity index is 169. The Balaban J connectivity index is 1.88. The third-order valence-corrected chi connectivity index (χ3v) is 3.91. The molecule has 76 valence electrons. The first-order valence-electron chi connectivity index (χ1n) is 5.72. The maximum Gasteiger partial charge on any atom is 0.0204 e. The standard InChI is InChI=1S/C11H22N2/c1-9-4-3-5-11(9)13-7-6-10(8-13)12-2/h9-12H,3-8H2,1-2H3. The zero-order valence-corrected chi connectivity index (χ0v) is 8.92. The molecule has 2 nitrogen and oxygen atoms in total. The fourth-order valence-corrected chi connectivity index (χ4v) is 2.99. The van der Waals surface area contributed by atoms with Gasteiger partial charge in [0.25, 0.3) is 0 Å². The monoisotopic (exact) mass is 182 g/mol. The van der Waals surface area contributed by atoms with E-state index >= 15 is 0 Å². The summed E-state index contributed by atoms with van der Waals surface area (Å²) in [5, 5.41) is 3.39. The van der Waals surface area contributed by atoms with Crippen molar-refractivity contribution in [2.45, 2.75) is 44.7 Å². The molecule has 1 saturated carbocycles. The summed E-state index contributed by atoms with van der Waals surface area (Å²) in [6.45, 7) is 5.02. The largest absolute Gasteiger partial charge is 0.316 e. The van der Waals surface area contributed by atoms with E-state index in [4.69, 9.17) is 0 Å². The van der Waals surface area contributed by atoms with Crippen LogP contribution in [0.5, 0.6) is 0 Å². The van der Waals surface area contributed by atoms with Gasteiger partial charge in [-0.15, -0.1) is 0 Å². The highest BCUT2D eigenvalue weighted by atomic mass is 15.2. The molecular formula is C11H22N2. The topological polar surface area (TPSA) is 15.3 Å². The summed E-state index contributed by atoms with van der Waals surface area (Å²) >= 11 is 0. The second-order valence-electron chi connectivity index (χ2n) is 4.74. The van der Waals surface area contributed by atoms with Crippen LogP contribution in [0, 0.1) is 5.92 Å². The number of rotatable bonds is 2. The number of hydrogen-bond donors (Lipinski definition) is 1. The third-order valence-electron chi connectivity index (χ3n) is 3.91. The molecule has 2 fully saturated rings. The summed E-state index contributed by atoms with van der Waals surface area (Å²) in [5.74, 6) is 0.940. The minimum atomic E-state index is 0.757. The second kappa shape index (κ2) is 3.97. The van der Waals surface area contributed by atoms with Gasteiger partial charge in [-0.1, -0.05) is 13.3 Å². The maximum absolute atomic E-state index is 3.39. The highest BCUT2D eigenvalue weighted by Crippen LogP contribution is 2.31. The van der Waals surface area contributed by atoms with Crippen LogP contribution in [0.4, 0.5) is 0 Å². The Morgan fingerprint density at radius 3 is 2.62 bits per heavy atom. The Morgan fingerprint density at radius 2 is 2.08 bits per heavy atom. The van der Waals surface area contributed by atoms with Crippen LogP contribution in [-0.2, 0) is 0 Å². The van der Waals surface area contributed by atoms with E-state index in [1.54, 1.807) is 0 Å². The molecule has 1 saturated heterocycles. The molecule has 0 spiro atoms. The zero-order valence-electron chi connectivity index (χ0n) is 8.92. The Kier molecular flexibility index (Phi) is 2.89. The summed E-state index contributed by atoms with van der Waals surface area (Å²) in [6.07, 6.45) is 5.69. The highest BCUT2D eigenvalue weighted by Gasteiger charge is 2.33. The van der Waals surface area contributed by atoms with Gasteiger partial charge in [0.15, 0.2) is 0 Å². The van der Waals surface area contributed by atoms with Gasteiger partial charge in [0.2, 0.25) is 0 Å². The van der Waals surface area contributed by atoms with Gasteiger partial charge in [0.05, 0.1) is 0 Å². The molecule has 3 atom stereocenters. The number of hydrogen-bond acceptors (Lipinski definition) is 2. The van der Waals surface area contributed by atoms with Gasteiger partial charge in [0.1, 0.15) is 0 Å². The van der Waals surface area contributed by atoms with E-state index in [1.165, 1.54) is 38.8 Å². The Labute approximate surface area is 81.7 Å². The maximum atomic E-state index is 3.39. The third kappa shape index (κ3) is 1.89. The average Bonchev–Trinajstić information content (AvgIpc) is 2.71. The van der Waals surface area contributed by atoms with Crippen molar-refractivity contribution in [3.05, 3.63) is 0 Å². The second-order valence-corrected chi connectivity index (χ2v) is 4.74. The fraction of sp³-hybridized carbons (Fsp3) is 1.00. The summed E-state index contributed by atoms with van der Waals surface area (Å²) in [5.41, 5.74) is 0. The van der Waals surface area contributed by atoms with E-state index in [0.29, 0.717) is 0 Å². The number of nitrogens with one attached hydrogen (secondary N) is 1. The molecule has 0 aromatic carbocycles. The van der Waals surface area contributed by atoms with Gasteiger partial charge in [-0.25, -0.2) is 0 Å². The van der Waals surface area contributed by atoms with Gasteiger partial charge in [-0.05, 0) is 32.2 Å². The van der Waals surface area contributed by atoms with Crippen molar-refractivity contribution in [3.63, 3.8) is 0 Å². The molecular weight excluding hydrogens is 160 g/mol. The van der Waals surface area contributed by atoms with Crippen LogP contribution in [-0.4, -0.2) is 37.1 Å². The molecule has 0 amide bonds. The van der Waals surface area contributed by atoms with Crippen LogP contribution < -0.4 is 5.32 Å². The first-order chi connectivity index (χ1) is 6.31. The molecule has 2 aliphatic rings. The van der Waals surface area contributed by atoms with Gasteiger partial charge in [0, 0.05) is 25.2 Å². The molecule has 0 bridgehead atoms. The number of likely N-dealkylation sites (N-methyl/N-ethyl adjacent to an activating group) is 1. The summed E-state index contributed by atoms with van der Waals surface area (Å²) < 4.78 is 0. The van der Waals surface area contributed by atoms with Crippen LogP contribution >= 0.6 is 0 Å². The molecule has 1 N–H and O–H groups in total. The molecule has 2 heteroatoms. The van der Waals surface area contributed by atoms with Crippen molar-refractivity contribution in [1.82, 2.24) is 10.2 Å². The fourth-order valence-electron chi connectivity index (χ4n) is 2.99. The summed E-state index contributed by atoms with van der Waals surface area (Å²) in [6, 6.07) is 1.66. The molecule has 0 radical (unpaired) electrons. The lowest BCUT2D eigenvalue weighted by atomic mass is 10.1. The van der Waals surface area contributed by atoms with Crippen molar-refractivity contribution in [3.8, 4) is 0 Å². The van der Waals surface area contributed by atoms with Crippen LogP contribution in [0.15, 0.2) is 0 Å². The first kappa shape index (κ1) is 9.47. The zero-order chi connectivity index (χ0) is 9.26. The van der Waals surface area contributed by atoms with Gasteiger partial charge in [-0.2, -0.15) is 0 Å². The molecule has 1 heterocycles. The predicted octanol–water partition coefficient (Wildman–Crippen LogP) is 1.47. The van der Waals surface area contributed by atoms with Crippen molar-refractivity contribution >= 4 is 0 Å². The molecule has 13 heavy (non-hydrogen) atoms. The van der Waals surface area contributed by atoms with Crippen molar-refractivity contribution in [1.29, 1.82) is 0 Å². The molecule has 0 aromatic heterocycles. The number of nitrogens with zero attached hydrogens (tertiary/aromatic N) is 1. The normalized spacial score (nSPS) is 41.5. The first-order valence-corrected chi connectivity index (χ1v) is 5.72. The quantitative estimate of drug-likeness (QED) is 0.695. The van der Waals surface area contributed by atoms with Crippen molar-refractivity contribution in [2.75, 3.05) is 20.1 Å². The van der Waals surface area contributed by atoms with Crippen molar-refractivity contribution in [2.24, 2.45) is 5.92 Å². The lowest BCUT2D eigenvalue weighted by Crippen LogP contribution is -2.37. The van der Waals surface area contributed by atoms with Gasteiger partial charge >= 0.3 is 0 Å². The predicted molar refractivity (Wildman–Crippen MR) is 55.8 cm³/mol. The summed E-state index contributed by atoms with van der Waals surface area (Å²) in [7, 11) is 2.09. The summed E-state index contributed by atoms with van der Waals surface area (Å²) in [4.78, 5) is 2.71. The minimum Gasteiger partial charge on any atom is -0.316 e. The van der Waals surface area contributed by atoms with Crippen molar-refractivity contribution < 1.29 is 0 Å². The van der Waals surface area contributed by atoms with Gasteiger partial charge in [-0.3, -0.25) is 4.90 Å². The van der Waals surface area contributed by atoms with E-state index in [1.807, 2.05) is 0 Å². The molecule has 0 aromatic rings.